The van der Waals surface area contributed by atoms with Gasteiger partial charge in [0.25, 0.3) is 5.91 Å². The Morgan fingerprint density at radius 3 is 2.86 bits per heavy atom. The van der Waals surface area contributed by atoms with Crippen LogP contribution < -0.4 is 15.4 Å². The molecular formula is C17H16N2O3. The van der Waals surface area contributed by atoms with E-state index in [1.807, 2.05) is 43.3 Å². The largest absolute Gasteiger partial charge is 0.478 e. The van der Waals surface area contributed by atoms with Gasteiger partial charge in [0, 0.05) is 5.69 Å². The molecule has 0 spiro atoms. The summed E-state index contributed by atoms with van der Waals surface area (Å²) in [5.41, 5.74) is 2.39. The lowest BCUT2D eigenvalue weighted by Crippen LogP contribution is -2.39. The summed E-state index contributed by atoms with van der Waals surface area (Å²) in [6.45, 7) is 1.95. The van der Waals surface area contributed by atoms with Crippen molar-refractivity contribution in [2.24, 2.45) is 0 Å². The van der Waals surface area contributed by atoms with Crippen LogP contribution in [-0.4, -0.2) is 17.9 Å². The molecule has 1 aliphatic heterocycles. The fraction of sp³-hybridized carbons (Fsp3) is 0.176. The first-order valence-corrected chi connectivity index (χ1v) is 7.05. The molecule has 1 aliphatic rings. The van der Waals surface area contributed by atoms with Crippen molar-refractivity contribution >= 4 is 23.2 Å². The van der Waals surface area contributed by atoms with Crippen molar-refractivity contribution in [1.29, 1.82) is 0 Å². The van der Waals surface area contributed by atoms with Crippen molar-refractivity contribution in [3.05, 3.63) is 54.1 Å². The van der Waals surface area contributed by atoms with Crippen LogP contribution in [0.2, 0.25) is 0 Å². The minimum atomic E-state index is -0.820. The molecule has 2 amide bonds. The molecule has 5 nitrogen and oxygen atoms in total. The molecule has 3 rings (SSSR count). The zero-order valence-corrected chi connectivity index (χ0v) is 12.1. The third kappa shape index (κ3) is 3.09. The van der Waals surface area contributed by atoms with E-state index in [2.05, 4.69) is 10.6 Å². The molecular weight excluding hydrogens is 280 g/mol. The lowest BCUT2D eigenvalue weighted by Gasteiger charge is -2.25. The van der Waals surface area contributed by atoms with Crippen molar-refractivity contribution in [2.45, 2.75) is 19.4 Å². The van der Waals surface area contributed by atoms with E-state index in [0.29, 0.717) is 17.1 Å². The number of para-hydroxylation sites is 2. The number of fused-ring (bicyclic) bond motifs is 1. The molecule has 0 radical (unpaired) electrons. The highest BCUT2D eigenvalue weighted by Crippen LogP contribution is 2.29. The summed E-state index contributed by atoms with van der Waals surface area (Å²) in [5, 5.41) is 5.52. The first kappa shape index (κ1) is 14.1. The first-order valence-electron chi connectivity index (χ1n) is 7.05. The summed E-state index contributed by atoms with van der Waals surface area (Å²) in [6, 6.07) is 14.6. The fourth-order valence-electron chi connectivity index (χ4n) is 2.33. The number of hydrogen-bond donors (Lipinski definition) is 2. The van der Waals surface area contributed by atoms with E-state index in [9.17, 15) is 9.59 Å². The van der Waals surface area contributed by atoms with Crippen LogP contribution in [0, 0.1) is 6.92 Å². The first-order chi connectivity index (χ1) is 10.6. The van der Waals surface area contributed by atoms with Gasteiger partial charge >= 0.3 is 0 Å². The van der Waals surface area contributed by atoms with Crippen LogP contribution in [0.5, 0.6) is 5.75 Å². The maximum absolute atomic E-state index is 12.1. The minimum absolute atomic E-state index is 0.0336. The molecule has 22 heavy (non-hydrogen) atoms. The van der Waals surface area contributed by atoms with Crippen molar-refractivity contribution in [2.75, 3.05) is 10.6 Å². The Bertz CT molecular complexity index is 727. The van der Waals surface area contributed by atoms with Gasteiger partial charge in [0.1, 0.15) is 5.75 Å². The molecule has 0 bridgehead atoms. The van der Waals surface area contributed by atoms with Gasteiger partial charge in [-0.3, -0.25) is 9.59 Å². The maximum Gasteiger partial charge on any atom is 0.266 e. The van der Waals surface area contributed by atoms with E-state index in [1.165, 1.54) is 0 Å². The minimum Gasteiger partial charge on any atom is -0.478 e. The highest BCUT2D eigenvalue weighted by atomic mass is 16.5. The third-order valence-corrected chi connectivity index (χ3v) is 3.38. The predicted molar refractivity (Wildman–Crippen MR) is 83.9 cm³/mol. The molecule has 2 aromatic rings. The summed E-state index contributed by atoms with van der Waals surface area (Å²) >= 11 is 0. The topological polar surface area (TPSA) is 67.4 Å². The smallest absolute Gasteiger partial charge is 0.266 e. The van der Waals surface area contributed by atoms with E-state index in [1.54, 1.807) is 12.1 Å². The Hall–Kier alpha value is -2.82. The zero-order valence-electron chi connectivity index (χ0n) is 12.1. The summed E-state index contributed by atoms with van der Waals surface area (Å²) in [6.07, 6.45) is -0.853. The van der Waals surface area contributed by atoms with E-state index >= 15 is 0 Å². The number of aryl methyl sites for hydroxylation is 1. The second kappa shape index (κ2) is 5.89. The van der Waals surface area contributed by atoms with Gasteiger partial charge in [0.2, 0.25) is 5.91 Å². The van der Waals surface area contributed by atoms with Crippen molar-refractivity contribution in [3.8, 4) is 5.75 Å². The molecule has 5 heteroatoms. The van der Waals surface area contributed by atoms with E-state index < -0.39 is 6.10 Å². The van der Waals surface area contributed by atoms with Crippen LogP contribution in [-0.2, 0) is 9.59 Å². The zero-order chi connectivity index (χ0) is 15.5. The number of carbonyl (C=O) groups excluding carboxylic acids is 2. The molecule has 0 fully saturated rings. The quantitative estimate of drug-likeness (QED) is 0.915. The Labute approximate surface area is 128 Å². The number of hydrogen-bond acceptors (Lipinski definition) is 3. The van der Waals surface area contributed by atoms with Gasteiger partial charge in [-0.1, -0.05) is 24.3 Å². The molecule has 0 aromatic heterocycles. The number of anilines is 2. The molecule has 2 aromatic carbocycles. The molecule has 0 unspecified atom stereocenters. The Kier molecular flexibility index (Phi) is 3.78. The molecule has 0 saturated carbocycles. The molecule has 0 saturated heterocycles. The van der Waals surface area contributed by atoms with Gasteiger partial charge in [0.05, 0.1) is 12.1 Å². The molecule has 112 valence electrons. The average molecular weight is 296 g/mol. The van der Waals surface area contributed by atoms with Crippen LogP contribution in [0.3, 0.4) is 0 Å². The van der Waals surface area contributed by atoms with E-state index in [4.69, 9.17) is 4.74 Å². The number of ether oxygens (including phenoxy) is 1. The van der Waals surface area contributed by atoms with Gasteiger partial charge < -0.3 is 15.4 Å². The Balaban J connectivity index is 1.66. The molecule has 1 heterocycles. The van der Waals surface area contributed by atoms with Gasteiger partial charge in [-0.15, -0.1) is 0 Å². The summed E-state index contributed by atoms with van der Waals surface area (Å²) < 4.78 is 5.60. The fourth-order valence-corrected chi connectivity index (χ4v) is 2.33. The number of nitrogens with one attached hydrogen (secondary N) is 2. The molecule has 0 aliphatic carbocycles. The van der Waals surface area contributed by atoms with Gasteiger partial charge in [-0.25, -0.2) is 0 Å². The highest BCUT2D eigenvalue weighted by molar-refractivity contribution is 6.01. The van der Waals surface area contributed by atoms with Gasteiger partial charge in [-0.2, -0.15) is 0 Å². The number of amides is 2. The van der Waals surface area contributed by atoms with Crippen molar-refractivity contribution in [1.82, 2.24) is 0 Å². The predicted octanol–water partition coefficient (Wildman–Crippen LogP) is 2.72. The molecule has 1 atom stereocenters. The SMILES string of the molecule is Cc1cccc(NC(=O)C[C@@H]2Oc3ccccc3NC2=O)c1. The van der Waals surface area contributed by atoms with E-state index in [0.717, 1.165) is 5.56 Å². The van der Waals surface area contributed by atoms with Crippen molar-refractivity contribution in [3.63, 3.8) is 0 Å². The molecule has 2 N–H and O–H groups in total. The monoisotopic (exact) mass is 296 g/mol. The Morgan fingerprint density at radius 1 is 1.23 bits per heavy atom. The number of rotatable bonds is 3. The Morgan fingerprint density at radius 2 is 2.05 bits per heavy atom. The normalized spacial score (nSPS) is 16.2. The maximum atomic E-state index is 12.1. The second-order valence-electron chi connectivity index (χ2n) is 5.21. The van der Waals surface area contributed by atoms with Gasteiger partial charge in [0.15, 0.2) is 6.10 Å². The number of carbonyl (C=O) groups is 2. The summed E-state index contributed by atoms with van der Waals surface area (Å²) in [7, 11) is 0. The summed E-state index contributed by atoms with van der Waals surface area (Å²) in [5.74, 6) is 0.0127. The van der Waals surface area contributed by atoms with Crippen LogP contribution in [0.4, 0.5) is 11.4 Å². The summed E-state index contributed by atoms with van der Waals surface area (Å²) in [4.78, 5) is 24.1. The number of benzene rings is 2. The van der Waals surface area contributed by atoms with Gasteiger partial charge in [-0.05, 0) is 36.8 Å². The van der Waals surface area contributed by atoms with Crippen LogP contribution in [0.15, 0.2) is 48.5 Å². The lowest BCUT2D eigenvalue weighted by atomic mass is 10.1. The lowest BCUT2D eigenvalue weighted by molar-refractivity contribution is -0.128. The standard InChI is InChI=1S/C17H16N2O3/c1-11-5-4-6-12(9-11)18-16(20)10-15-17(21)19-13-7-2-3-8-14(13)22-15/h2-9,15H,10H2,1H3,(H,18,20)(H,19,21)/t15-/m0/s1. The van der Waals surface area contributed by atoms with Crippen molar-refractivity contribution < 1.29 is 14.3 Å². The third-order valence-electron chi connectivity index (χ3n) is 3.38. The van der Waals surface area contributed by atoms with Crippen LogP contribution >= 0.6 is 0 Å². The highest BCUT2D eigenvalue weighted by Gasteiger charge is 2.29. The van der Waals surface area contributed by atoms with Crippen LogP contribution in [0.1, 0.15) is 12.0 Å². The van der Waals surface area contributed by atoms with Crippen LogP contribution in [0.25, 0.3) is 0 Å². The second-order valence-corrected chi connectivity index (χ2v) is 5.21. The average Bonchev–Trinajstić information content (AvgIpc) is 2.48. The van der Waals surface area contributed by atoms with E-state index in [-0.39, 0.29) is 18.2 Å².